The lowest BCUT2D eigenvalue weighted by molar-refractivity contribution is -0.164. The zero-order chi connectivity index (χ0) is 19.6. The predicted octanol–water partition coefficient (Wildman–Crippen LogP) is 1.32. The highest BCUT2D eigenvalue weighted by molar-refractivity contribution is 5.79. The standard InChI is InChI=1S/C20H31N5O3/c1-2-28-18(26)20-6-3-16(24-9-11-27-12-10-24)13-15(20)5-8-25(14-20)17-4-7-22-19(21)23-17/h4,7,15-16H,2-3,5-6,8-14H2,1H3,(H2,21,22,23)/t15-,16+,20-/m1/s1. The van der Waals surface area contributed by atoms with Crippen LogP contribution in [0.5, 0.6) is 0 Å². The highest BCUT2D eigenvalue weighted by Gasteiger charge is 2.54. The molecule has 0 radical (unpaired) electrons. The van der Waals surface area contributed by atoms with E-state index in [9.17, 15) is 4.79 Å². The Morgan fingerprint density at radius 2 is 2.18 bits per heavy atom. The third-order valence-corrected chi connectivity index (χ3v) is 6.71. The van der Waals surface area contributed by atoms with Crippen molar-refractivity contribution < 1.29 is 14.3 Å². The minimum Gasteiger partial charge on any atom is -0.466 e. The van der Waals surface area contributed by atoms with Crippen molar-refractivity contribution in [3.05, 3.63) is 12.3 Å². The summed E-state index contributed by atoms with van der Waals surface area (Å²) in [5, 5.41) is 0. The van der Waals surface area contributed by atoms with Gasteiger partial charge >= 0.3 is 5.97 Å². The van der Waals surface area contributed by atoms with E-state index < -0.39 is 5.41 Å². The lowest BCUT2D eigenvalue weighted by Crippen LogP contribution is -2.59. The Labute approximate surface area is 166 Å². The highest BCUT2D eigenvalue weighted by atomic mass is 16.5. The van der Waals surface area contributed by atoms with Crippen molar-refractivity contribution in [2.24, 2.45) is 11.3 Å². The Morgan fingerprint density at radius 3 is 2.93 bits per heavy atom. The van der Waals surface area contributed by atoms with Gasteiger partial charge < -0.3 is 20.1 Å². The maximum absolute atomic E-state index is 13.1. The van der Waals surface area contributed by atoms with Crippen LogP contribution in [0, 0.1) is 11.3 Å². The zero-order valence-corrected chi connectivity index (χ0v) is 16.7. The maximum Gasteiger partial charge on any atom is 0.314 e. The topological polar surface area (TPSA) is 93.8 Å². The number of nitrogen functional groups attached to an aromatic ring is 1. The third-order valence-electron chi connectivity index (χ3n) is 6.71. The number of hydrogen-bond donors (Lipinski definition) is 1. The van der Waals surface area contributed by atoms with Gasteiger partial charge in [-0.15, -0.1) is 0 Å². The highest BCUT2D eigenvalue weighted by Crippen LogP contribution is 2.49. The molecule has 1 aromatic heterocycles. The molecule has 1 saturated carbocycles. The summed E-state index contributed by atoms with van der Waals surface area (Å²) in [5.74, 6) is 1.35. The van der Waals surface area contributed by atoms with Gasteiger partial charge in [-0.3, -0.25) is 9.69 Å². The quantitative estimate of drug-likeness (QED) is 0.771. The number of carbonyl (C=O) groups excluding carboxylic acids is 1. The van der Waals surface area contributed by atoms with Crippen LogP contribution in [0.4, 0.5) is 11.8 Å². The zero-order valence-electron chi connectivity index (χ0n) is 16.7. The number of hydrogen-bond acceptors (Lipinski definition) is 8. The first-order valence-corrected chi connectivity index (χ1v) is 10.4. The molecule has 0 bridgehead atoms. The summed E-state index contributed by atoms with van der Waals surface area (Å²) >= 11 is 0. The average Bonchev–Trinajstić information content (AvgIpc) is 2.73. The van der Waals surface area contributed by atoms with Crippen molar-refractivity contribution in [3.63, 3.8) is 0 Å². The molecule has 154 valence electrons. The summed E-state index contributed by atoms with van der Waals surface area (Å²) in [7, 11) is 0. The van der Waals surface area contributed by atoms with E-state index in [0.29, 0.717) is 25.1 Å². The first-order valence-electron chi connectivity index (χ1n) is 10.4. The fraction of sp³-hybridized carbons (Fsp3) is 0.750. The predicted molar refractivity (Wildman–Crippen MR) is 106 cm³/mol. The van der Waals surface area contributed by atoms with Gasteiger partial charge in [0.15, 0.2) is 0 Å². The number of anilines is 2. The van der Waals surface area contributed by atoms with Gasteiger partial charge in [0.2, 0.25) is 5.95 Å². The molecule has 8 heteroatoms. The van der Waals surface area contributed by atoms with Gasteiger partial charge in [-0.1, -0.05) is 0 Å². The lowest BCUT2D eigenvalue weighted by Gasteiger charge is -2.52. The molecule has 1 aliphatic carbocycles. The smallest absolute Gasteiger partial charge is 0.314 e. The summed E-state index contributed by atoms with van der Waals surface area (Å²) < 4.78 is 11.1. The fourth-order valence-electron chi connectivity index (χ4n) is 5.25. The van der Waals surface area contributed by atoms with Crippen molar-refractivity contribution in [2.45, 2.75) is 38.6 Å². The molecular weight excluding hydrogens is 358 g/mol. The SMILES string of the molecule is CCOC(=O)[C@@]12CC[C@H](N3CCOCC3)C[C@H]1CCN(c1ccnc(N)n1)C2. The van der Waals surface area contributed by atoms with Gasteiger partial charge in [0.05, 0.1) is 25.2 Å². The minimum absolute atomic E-state index is 0.0489. The van der Waals surface area contributed by atoms with Crippen molar-refractivity contribution in [1.82, 2.24) is 14.9 Å². The van der Waals surface area contributed by atoms with Crippen LogP contribution in [0.15, 0.2) is 12.3 Å². The van der Waals surface area contributed by atoms with Gasteiger partial charge in [0.1, 0.15) is 5.82 Å². The van der Waals surface area contributed by atoms with Crippen LogP contribution >= 0.6 is 0 Å². The monoisotopic (exact) mass is 389 g/mol. The molecule has 3 aliphatic rings. The summed E-state index contributed by atoms with van der Waals surface area (Å²) in [6.07, 6.45) is 5.57. The van der Waals surface area contributed by atoms with Crippen molar-refractivity contribution in [1.29, 1.82) is 0 Å². The first-order chi connectivity index (χ1) is 13.6. The number of morpholine rings is 1. The maximum atomic E-state index is 13.1. The molecule has 0 unspecified atom stereocenters. The van der Waals surface area contributed by atoms with Crippen molar-refractivity contribution in [3.8, 4) is 0 Å². The number of nitrogens with two attached hydrogens (primary N) is 1. The third kappa shape index (κ3) is 3.67. The number of carbonyl (C=O) groups is 1. The molecule has 1 aromatic rings. The van der Waals surface area contributed by atoms with E-state index in [1.807, 2.05) is 13.0 Å². The van der Waals surface area contributed by atoms with Gasteiger partial charge in [-0.25, -0.2) is 4.98 Å². The molecule has 0 aromatic carbocycles. The number of nitrogens with zero attached hydrogens (tertiary/aromatic N) is 4. The summed E-state index contributed by atoms with van der Waals surface area (Å²) in [6, 6.07) is 2.41. The molecule has 2 saturated heterocycles. The Kier molecular flexibility index (Phi) is 5.68. The van der Waals surface area contributed by atoms with E-state index in [-0.39, 0.29) is 11.9 Å². The van der Waals surface area contributed by atoms with Crippen LogP contribution in [0.3, 0.4) is 0 Å². The van der Waals surface area contributed by atoms with Crippen LogP contribution in [0.1, 0.15) is 32.6 Å². The molecule has 28 heavy (non-hydrogen) atoms. The molecule has 3 heterocycles. The lowest BCUT2D eigenvalue weighted by atomic mass is 9.61. The molecular formula is C20H31N5O3. The van der Waals surface area contributed by atoms with E-state index in [0.717, 1.165) is 64.3 Å². The number of ether oxygens (including phenoxy) is 2. The summed E-state index contributed by atoms with van der Waals surface area (Å²) in [5.41, 5.74) is 5.32. The largest absolute Gasteiger partial charge is 0.466 e. The average molecular weight is 390 g/mol. The Hall–Kier alpha value is -1.93. The van der Waals surface area contributed by atoms with E-state index in [1.54, 1.807) is 6.20 Å². The van der Waals surface area contributed by atoms with Crippen molar-refractivity contribution >= 4 is 17.7 Å². The second-order valence-electron chi connectivity index (χ2n) is 8.13. The van der Waals surface area contributed by atoms with Crippen LogP contribution in [0.25, 0.3) is 0 Å². The molecule has 0 spiro atoms. The molecule has 2 aliphatic heterocycles. The Bertz CT molecular complexity index is 696. The summed E-state index contributed by atoms with van der Waals surface area (Å²) in [6.45, 7) is 7.43. The molecule has 3 atom stereocenters. The number of esters is 1. The Balaban J connectivity index is 1.55. The van der Waals surface area contributed by atoms with Crippen LogP contribution in [0.2, 0.25) is 0 Å². The molecule has 4 rings (SSSR count). The van der Waals surface area contributed by atoms with Gasteiger partial charge in [0.25, 0.3) is 0 Å². The van der Waals surface area contributed by atoms with E-state index >= 15 is 0 Å². The normalized spacial score (nSPS) is 31.2. The second kappa shape index (κ2) is 8.21. The van der Waals surface area contributed by atoms with E-state index in [1.165, 1.54) is 0 Å². The minimum atomic E-state index is -0.462. The van der Waals surface area contributed by atoms with E-state index in [4.69, 9.17) is 15.2 Å². The molecule has 3 fully saturated rings. The van der Waals surface area contributed by atoms with Crippen LogP contribution in [-0.4, -0.2) is 72.9 Å². The Morgan fingerprint density at radius 1 is 1.36 bits per heavy atom. The van der Waals surface area contributed by atoms with Gasteiger partial charge in [-0.05, 0) is 44.6 Å². The summed E-state index contributed by atoms with van der Waals surface area (Å²) in [4.78, 5) is 26.2. The van der Waals surface area contributed by atoms with Crippen LogP contribution in [-0.2, 0) is 14.3 Å². The number of fused-ring (bicyclic) bond motifs is 1. The fourth-order valence-corrected chi connectivity index (χ4v) is 5.25. The molecule has 8 nitrogen and oxygen atoms in total. The van der Waals surface area contributed by atoms with Crippen LogP contribution < -0.4 is 10.6 Å². The first kappa shape index (κ1) is 19.4. The number of piperidine rings is 1. The second-order valence-corrected chi connectivity index (χ2v) is 8.13. The molecule has 0 amide bonds. The van der Waals surface area contributed by atoms with Crippen molar-refractivity contribution in [2.75, 3.05) is 56.6 Å². The van der Waals surface area contributed by atoms with Gasteiger partial charge in [-0.2, -0.15) is 4.98 Å². The number of rotatable bonds is 4. The molecule has 2 N–H and O–H groups in total. The van der Waals surface area contributed by atoms with E-state index in [2.05, 4.69) is 19.8 Å². The van der Waals surface area contributed by atoms with Gasteiger partial charge in [0, 0.05) is 38.4 Å². The number of aromatic nitrogens is 2.